The molecule has 0 aliphatic heterocycles. The normalized spacial score (nSPS) is 13.0. The molecule has 0 atom stereocenters. The first-order chi connectivity index (χ1) is 12.6. The highest BCUT2D eigenvalue weighted by atomic mass is 35.5. The third-order valence-electron chi connectivity index (χ3n) is 5.18. The number of aryl methyl sites for hydroxylation is 3. The fourth-order valence-corrected chi connectivity index (χ4v) is 4.04. The smallest absolute Gasteiger partial charge is 0.256 e. The summed E-state index contributed by atoms with van der Waals surface area (Å²) in [6.45, 7) is 4.13. The van der Waals surface area contributed by atoms with E-state index in [1.165, 1.54) is 0 Å². The molecule has 0 saturated heterocycles. The van der Waals surface area contributed by atoms with Gasteiger partial charge in [-0.25, -0.2) is 0 Å². The van der Waals surface area contributed by atoms with E-state index in [0.29, 0.717) is 5.02 Å². The first-order valence-electron chi connectivity index (χ1n) is 9.09. The second-order valence-electron chi connectivity index (χ2n) is 6.84. The van der Waals surface area contributed by atoms with Crippen LogP contribution in [0.5, 0.6) is 0 Å². The van der Waals surface area contributed by atoms with Crippen LogP contribution in [0.2, 0.25) is 5.02 Å². The Morgan fingerprint density at radius 2 is 2.08 bits per heavy atom. The number of nitrogens with one attached hydrogen (secondary N) is 1. The fourth-order valence-electron chi connectivity index (χ4n) is 3.87. The molecule has 3 aromatic rings. The zero-order valence-electron chi connectivity index (χ0n) is 15.0. The average molecular weight is 365 g/mol. The van der Waals surface area contributed by atoms with E-state index in [1.807, 2.05) is 37.3 Å². The Kier molecular flexibility index (Phi) is 4.41. The summed E-state index contributed by atoms with van der Waals surface area (Å²) in [5, 5.41) is 4.63. The van der Waals surface area contributed by atoms with Gasteiger partial charge in [0.15, 0.2) is 0 Å². The van der Waals surface area contributed by atoms with Crippen molar-refractivity contribution in [3.05, 3.63) is 69.4 Å². The first kappa shape index (κ1) is 17.0. The van der Waals surface area contributed by atoms with Gasteiger partial charge in [-0.15, -0.1) is 0 Å². The average Bonchev–Trinajstić information content (AvgIpc) is 3.09. The first-order valence-corrected chi connectivity index (χ1v) is 9.47. The number of nitrogens with zero attached hydrogens (tertiary/aromatic N) is 1. The highest BCUT2D eigenvalue weighted by Crippen LogP contribution is 2.32. The predicted octanol–water partition coefficient (Wildman–Crippen LogP) is 5.50. The second-order valence-corrected chi connectivity index (χ2v) is 7.28. The van der Waals surface area contributed by atoms with Gasteiger partial charge < -0.3 is 5.32 Å². The highest BCUT2D eigenvalue weighted by Gasteiger charge is 2.24. The van der Waals surface area contributed by atoms with E-state index < -0.39 is 0 Å². The number of benzene rings is 2. The summed E-state index contributed by atoms with van der Waals surface area (Å²) in [5.41, 5.74) is 6.82. The zero-order chi connectivity index (χ0) is 18.3. The molecule has 0 fully saturated rings. The predicted molar refractivity (Wildman–Crippen MR) is 107 cm³/mol. The molecule has 0 saturated carbocycles. The maximum absolute atomic E-state index is 13.3. The van der Waals surface area contributed by atoms with Crippen molar-refractivity contribution in [1.82, 2.24) is 4.98 Å². The van der Waals surface area contributed by atoms with Crippen molar-refractivity contribution in [3.8, 4) is 0 Å². The van der Waals surface area contributed by atoms with Gasteiger partial charge in [-0.2, -0.15) is 0 Å². The Morgan fingerprint density at radius 1 is 1.23 bits per heavy atom. The molecule has 1 aliphatic carbocycles. The van der Waals surface area contributed by atoms with E-state index in [1.54, 1.807) is 0 Å². The lowest BCUT2D eigenvalue weighted by molar-refractivity contribution is 0.102. The minimum absolute atomic E-state index is 0.0678. The monoisotopic (exact) mass is 364 g/mol. The van der Waals surface area contributed by atoms with Crippen molar-refractivity contribution >= 4 is 34.1 Å². The molecule has 3 nitrogen and oxygen atoms in total. The number of hydrogen-bond donors (Lipinski definition) is 1. The van der Waals surface area contributed by atoms with Crippen LogP contribution in [0.25, 0.3) is 10.9 Å². The number of halogens is 1. The van der Waals surface area contributed by atoms with Crippen LogP contribution in [0.1, 0.15) is 46.1 Å². The Hall–Kier alpha value is -2.39. The van der Waals surface area contributed by atoms with E-state index in [0.717, 1.165) is 70.2 Å². The lowest BCUT2D eigenvalue weighted by Crippen LogP contribution is -2.17. The van der Waals surface area contributed by atoms with Gasteiger partial charge in [0.1, 0.15) is 0 Å². The minimum Gasteiger partial charge on any atom is -0.321 e. The van der Waals surface area contributed by atoms with Crippen molar-refractivity contribution in [2.45, 2.75) is 39.5 Å². The zero-order valence-corrected chi connectivity index (χ0v) is 15.8. The topological polar surface area (TPSA) is 42.0 Å². The van der Waals surface area contributed by atoms with Crippen LogP contribution in [0.4, 0.5) is 5.69 Å². The second kappa shape index (κ2) is 6.73. The Morgan fingerprint density at radius 3 is 2.88 bits per heavy atom. The quantitative estimate of drug-likeness (QED) is 0.666. The molecule has 26 heavy (non-hydrogen) atoms. The number of fused-ring (bicyclic) bond motifs is 2. The lowest BCUT2D eigenvalue weighted by Gasteiger charge is -2.16. The summed E-state index contributed by atoms with van der Waals surface area (Å²) in [6, 6.07) is 11.7. The van der Waals surface area contributed by atoms with E-state index in [4.69, 9.17) is 16.6 Å². The molecule has 4 rings (SSSR count). The summed E-state index contributed by atoms with van der Waals surface area (Å²) < 4.78 is 0. The van der Waals surface area contributed by atoms with Gasteiger partial charge in [0.2, 0.25) is 0 Å². The molecular formula is C22H21ClN2O. The standard InChI is InChI=1S/C22H21ClN2O/c1-3-14-7-4-6-13(2)21(14)25-22(26)20-16-8-5-9-18(16)24-19-11-10-15(23)12-17(19)20/h4,6-7,10-12H,3,5,8-9H2,1-2H3,(H,25,26). The van der Waals surface area contributed by atoms with Gasteiger partial charge in [-0.3, -0.25) is 9.78 Å². The van der Waals surface area contributed by atoms with Gasteiger partial charge in [0, 0.05) is 21.8 Å². The molecule has 2 aromatic carbocycles. The number of aromatic nitrogens is 1. The number of rotatable bonds is 3. The minimum atomic E-state index is -0.0678. The van der Waals surface area contributed by atoms with Crippen LogP contribution in [0, 0.1) is 6.92 Å². The molecule has 0 bridgehead atoms. The molecule has 0 unspecified atom stereocenters. The van der Waals surface area contributed by atoms with Gasteiger partial charge in [-0.05, 0) is 67.5 Å². The van der Waals surface area contributed by atoms with Crippen LogP contribution in [0.3, 0.4) is 0 Å². The van der Waals surface area contributed by atoms with E-state index in [2.05, 4.69) is 18.3 Å². The van der Waals surface area contributed by atoms with Crippen molar-refractivity contribution in [1.29, 1.82) is 0 Å². The maximum atomic E-state index is 13.3. The number of para-hydroxylation sites is 1. The number of anilines is 1. The number of amides is 1. The maximum Gasteiger partial charge on any atom is 0.256 e. The van der Waals surface area contributed by atoms with Crippen LogP contribution in [0.15, 0.2) is 36.4 Å². The SMILES string of the molecule is CCc1cccc(C)c1NC(=O)c1c2c(nc3ccc(Cl)cc13)CCC2. The largest absolute Gasteiger partial charge is 0.321 e. The van der Waals surface area contributed by atoms with Crippen molar-refractivity contribution in [2.75, 3.05) is 5.32 Å². The number of carbonyl (C=O) groups is 1. The molecule has 1 heterocycles. The highest BCUT2D eigenvalue weighted by molar-refractivity contribution is 6.31. The Labute approximate surface area is 158 Å². The lowest BCUT2D eigenvalue weighted by atomic mass is 9.99. The van der Waals surface area contributed by atoms with Crippen molar-refractivity contribution in [2.24, 2.45) is 0 Å². The van der Waals surface area contributed by atoms with Crippen LogP contribution in [-0.4, -0.2) is 10.9 Å². The summed E-state index contributed by atoms with van der Waals surface area (Å²) in [7, 11) is 0. The molecule has 0 radical (unpaired) electrons. The number of pyridine rings is 1. The van der Waals surface area contributed by atoms with Crippen molar-refractivity contribution < 1.29 is 4.79 Å². The molecule has 1 aromatic heterocycles. The third kappa shape index (κ3) is 2.86. The molecule has 1 amide bonds. The number of carbonyl (C=O) groups excluding carboxylic acids is 1. The van der Waals surface area contributed by atoms with E-state index >= 15 is 0 Å². The van der Waals surface area contributed by atoms with Crippen molar-refractivity contribution in [3.63, 3.8) is 0 Å². The fraction of sp³-hybridized carbons (Fsp3) is 0.273. The summed E-state index contributed by atoms with van der Waals surface area (Å²) >= 11 is 6.22. The third-order valence-corrected chi connectivity index (χ3v) is 5.41. The summed E-state index contributed by atoms with van der Waals surface area (Å²) in [5.74, 6) is -0.0678. The van der Waals surface area contributed by atoms with E-state index in [9.17, 15) is 4.79 Å². The molecule has 132 valence electrons. The van der Waals surface area contributed by atoms with Gasteiger partial charge in [0.25, 0.3) is 5.91 Å². The van der Waals surface area contributed by atoms with Crippen LogP contribution < -0.4 is 5.32 Å². The summed E-state index contributed by atoms with van der Waals surface area (Å²) in [6.07, 6.45) is 3.73. The van der Waals surface area contributed by atoms with Crippen LogP contribution in [-0.2, 0) is 19.3 Å². The Bertz CT molecular complexity index is 1030. The van der Waals surface area contributed by atoms with E-state index in [-0.39, 0.29) is 5.91 Å². The number of hydrogen-bond acceptors (Lipinski definition) is 2. The van der Waals surface area contributed by atoms with Gasteiger partial charge in [-0.1, -0.05) is 36.7 Å². The van der Waals surface area contributed by atoms with Crippen LogP contribution >= 0.6 is 11.6 Å². The molecular weight excluding hydrogens is 344 g/mol. The van der Waals surface area contributed by atoms with Gasteiger partial charge >= 0.3 is 0 Å². The van der Waals surface area contributed by atoms with Gasteiger partial charge in [0.05, 0.1) is 11.1 Å². The molecule has 4 heteroatoms. The molecule has 1 N–H and O–H groups in total. The summed E-state index contributed by atoms with van der Waals surface area (Å²) in [4.78, 5) is 18.1. The molecule has 0 spiro atoms. The molecule has 1 aliphatic rings. The Balaban J connectivity index is 1.87.